The summed E-state index contributed by atoms with van der Waals surface area (Å²) >= 11 is 1.50. The van der Waals surface area contributed by atoms with Crippen molar-refractivity contribution < 1.29 is 9.22 Å². The lowest BCUT2D eigenvalue weighted by Crippen LogP contribution is -2.40. The monoisotopic (exact) mass is 270 g/mol. The fraction of sp³-hybridized carbons (Fsp3) is 0.615. The van der Waals surface area contributed by atoms with E-state index in [1.54, 1.807) is 0 Å². The van der Waals surface area contributed by atoms with Crippen LogP contribution in [0.3, 0.4) is 0 Å². The predicted molar refractivity (Wildman–Crippen MR) is 76.4 cm³/mol. The van der Waals surface area contributed by atoms with E-state index in [0.29, 0.717) is 6.61 Å². The summed E-state index contributed by atoms with van der Waals surface area (Å²) in [6.07, 6.45) is 0.926. The van der Waals surface area contributed by atoms with Gasteiger partial charge in [0.05, 0.1) is 11.5 Å². The van der Waals surface area contributed by atoms with Gasteiger partial charge >= 0.3 is 0 Å². The summed E-state index contributed by atoms with van der Waals surface area (Å²) in [5, 5.41) is 2.26. The lowest BCUT2D eigenvalue weighted by molar-refractivity contribution is 0.112. The molecule has 0 saturated heterocycles. The summed E-state index contributed by atoms with van der Waals surface area (Å²) in [6, 6.07) is 0. The molecule has 0 aromatic carbocycles. The molecule has 0 bridgehead atoms. The maximum absolute atomic E-state index is 10.8. The third kappa shape index (κ3) is 3.27. The molecule has 0 amide bonds. The van der Waals surface area contributed by atoms with Gasteiger partial charge < -0.3 is 4.43 Å². The Hall–Kier alpha value is -0.453. The van der Waals surface area contributed by atoms with Gasteiger partial charge in [0.1, 0.15) is 0 Å². The van der Waals surface area contributed by atoms with Gasteiger partial charge in [-0.05, 0) is 41.6 Å². The van der Waals surface area contributed by atoms with Crippen LogP contribution in [-0.4, -0.2) is 14.6 Å². The lowest BCUT2D eigenvalue weighted by Gasteiger charge is -2.36. The molecule has 0 fully saturated rings. The molecule has 2 nitrogen and oxygen atoms in total. The molecule has 0 radical (unpaired) electrons. The number of carbonyl (C=O) groups excluding carboxylic acids is 1. The number of rotatable bonds is 4. The van der Waals surface area contributed by atoms with Crippen LogP contribution in [0.2, 0.25) is 18.1 Å². The zero-order valence-corrected chi connectivity index (χ0v) is 13.4. The van der Waals surface area contributed by atoms with Gasteiger partial charge in [-0.25, -0.2) is 0 Å². The van der Waals surface area contributed by atoms with Gasteiger partial charge in [-0.3, -0.25) is 4.79 Å². The third-order valence-electron chi connectivity index (χ3n) is 3.68. The molecule has 96 valence electrons. The second-order valence-electron chi connectivity index (χ2n) is 5.92. The van der Waals surface area contributed by atoms with E-state index in [1.807, 2.05) is 12.3 Å². The molecular weight excluding hydrogens is 248 g/mol. The molecular formula is C13H22O2SSi. The first kappa shape index (κ1) is 14.6. The van der Waals surface area contributed by atoms with Crippen molar-refractivity contribution in [3.8, 4) is 0 Å². The molecule has 0 spiro atoms. The van der Waals surface area contributed by atoms with Gasteiger partial charge in [-0.2, -0.15) is 0 Å². The molecule has 0 unspecified atom stereocenters. The first-order valence-electron chi connectivity index (χ1n) is 5.85. The van der Waals surface area contributed by atoms with E-state index in [4.69, 9.17) is 4.43 Å². The molecule has 0 atom stereocenters. The average molecular weight is 270 g/mol. The zero-order valence-electron chi connectivity index (χ0n) is 11.6. The lowest BCUT2D eigenvalue weighted by atomic mass is 10.2. The summed E-state index contributed by atoms with van der Waals surface area (Å²) in [6.45, 7) is 13.8. The number of hydrogen-bond donors (Lipinski definition) is 0. The second-order valence-corrected chi connectivity index (χ2v) is 11.6. The highest BCUT2D eigenvalue weighted by atomic mass is 32.1. The van der Waals surface area contributed by atoms with E-state index in [9.17, 15) is 4.79 Å². The van der Waals surface area contributed by atoms with Gasteiger partial charge in [-0.1, -0.05) is 20.8 Å². The van der Waals surface area contributed by atoms with Gasteiger partial charge in [0.2, 0.25) is 0 Å². The van der Waals surface area contributed by atoms with Crippen LogP contribution in [0.5, 0.6) is 0 Å². The maximum Gasteiger partial charge on any atom is 0.192 e. The molecule has 17 heavy (non-hydrogen) atoms. The van der Waals surface area contributed by atoms with Crippen LogP contribution in [-0.2, 0) is 11.0 Å². The van der Waals surface area contributed by atoms with Crippen molar-refractivity contribution in [1.82, 2.24) is 0 Å². The minimum Gasteiger partial charge on any atom is -0.413 e. The number of thiophene rings is 1. The van der Waals surface area contributed by atoms with Crippen molar-refractivity contribution in [3.63, 3.8) is 0 Å². The molecule has 1 aromatic rings. The Morgan fingerprint density at radius 3 is 2.41 bits per heavy atom. The number of carbonyl (C=O) groups is 1. The molecule has 4 heteroatoms. The second kappa shape index (κ2) is 5.04. The number of hydrogen-bond acceptors (Lipinski definition) is 3. The van der Waals surface area contributed by atoms with Crippen LogP contribution in [0.15, 0.2) is 5.38 Å². The molecule has 1 rings (SSSR count). The molecule has 0 N–H and O–H groups in total. The topological polar surface area (TPSA) is 26.3 Å². The SMILES string of the molecule is Cc1c(CO[Si](C)(C)C(C)(C)C)csc1C=O. The standard InChI is InChI=1S/C13H22O2SSi/c1-10-11(9-16-12(10)7-14)8-15-17(5,6)13(2,3)4/h7,9H,8H2,1-6H3. The van der Waals surface area contributed by atoms with E-state index >= 15 is 0 Å². The fourth-order valence-corrected chi connectivity index (χ4v) is 3.03. The van der Waals surface area contributed by atoms with Gasteiger partial charge in [0.15, 0.2) is 14.6 Å². The quantitative estimate of drug-likeness (QED) is 0.599. The Labute approximate surface area is 109 Å². The van der Waals surface area contributed by atoms with Crippen LogP contribution >= 0.6 is 11.3 Å². The molecule has 0 aliphatic heterocycles. The Morgan fingerprint density at radius 2 is 2.00 bits per heavy atom. The summed E-state index contributed by atoms with van der Waals surface area (Å²) in [4.78, 5) is 11.6. The van der Waals surface area contributed by atoms with E-state index in [0.717, 1.165) is 22.3 Å². The fourth-order valence-electron chi connectivity index (χ4n) is 1.20. The van der Waals surface area contributed by atoms with Crippen molar-refractivity contribution in [2.75, 3.05) is 0 Å². The molecule has 0 saturated carbocycles. The van der Waals surface area contributed by atoms with Crippen LogP contribution < -0.4 is 0 Å². The largest absolute Gasteiger partial charge is 0.413 e. The van der Waals surface area contributed by atoms with Gasteiger partial charge in [-0.15, -0.1) is 11.3 Å². The van der Waals surface area contributed by atoms with Gasteiger partial charge in [0, 0.05) is 0 Å². The molecule has 1 aromatic heterocycles. The Bertz CT molecular complexity index is 402. The summed E-state index contributed by atoms with van der Waals surface area (Å²) in [5.41, 5.74) is 2.23. The highest BCUT2D eigenvalue weighted by molar-refractivity contribution is 7.12. The first-order chi connectivity index (χ1) is 7.69. The van der Waals surface area contributed by atoms with Crippen molar-refractivity contribution in [2.24, 2.45) is 0 Å². The average Bonchev–Trinajstić information content (AvgIpc) is 2.55. The minimum absolute atomic E-state index is 0.227. The van der Waals surface area contributed by atoms with Crippen LogP contribution in [0.4, 0.5) is 0 Å². The first-order valence-corrected chi connectivity index (χ1v) is 9.64. The van der Waals surface area contributed by atoms with E-state index in [-0.39, 0.29) is 5.04 Å². The Morgan fingerprint density at radius 1 is 1.41 bits per heavy atom. The maximum atomic E-state index is 10.8. The smallest absolute Gasteiger partial charge is 0.192 e. The van der Waals surface area contributed by atoms with E-state index in [2.05, 4.69) is 33.9 Å². The minimum atomic E-state index is -1.70. The predicted octanol–water partition coefficient (Wildman–Crippen LogP) is 4.39. The Balaban J connectivity index is 2.74. The van der Waals surface area contributed by atoms with Crippen molar-refractivity contribution in [1.29, 1.82) is 0 Å². The van der Waals surface area contributed by atoms with Crippen LogP contribution in [0.1, 0.15) is 41.6 Å². The molecule has 1 heterocycles. The van der Waals surface area contributed by atoms with Crippen LogP contribution in [0.25, 0.3) is 0 Å². The molecule has 0 aliphatic carbocycles. The normalized spacial score (nSPS) is 12.8. The Kier molecular flexibility index (Phi) is 4.33. The summed E-state index contributed by atoms with van der Waals surface area (Å²) in [7, 11) is -1.70. The van der Waals surface area contributed by atoms with E-state index in [1.165, 1.54) is 11.3 Å². The summed E-state index contributed by atoms with van der Waals surface area (Å²) in [5.74, 6) is 0. The van der Waals surface area contributed by atoms with Crippen molar-refractivity contribution in [3.05, 3.63) is 21.4 Å². The van der Waals surface area contributed by atoms with E-state index < -0.39 is 8.32 Å². The van der Waals surface area contributed by atoms with Crippen LogP contribution in [0, 0.1) is 6.92 Å². The molecule has 0 aliphatic rings. The highest BCUT2D eigenvalue weighted by Gasteiger charge is 2.37. The third-order valence-corrected chi connectivity index (χ3v) is 9.22. The summed E-state index contributed by atoms with van der Waals surface area (Å²) < 4.78 is 6.15. The number of aldehydes is 1. The van der Waals surface area contributed by atoms with Crippen molar-refractivity contribution >= 4 is 25.9 Å². The van der Waals surface area contributed by atoms with Gasteiger partial charge in [0.25, 0.3) is 0 Å². The van der Waals surface area contributed by atoms with Crippen molar-refractivity contribution in [2.45, 2.75) is 52.4 Å². The zero-order chi connectivity index (χ0) is 13.3. The highest BCUT2D eigenvalue weighted by Crippen LogP contribution is 2.37.